The molecule has 1 amide bonds. The van der Waals surface area contributed by atoms with E-state index in [1.165, 1.54) is 24.1 Å². The first-order valence-electron chi connectivity index (χ1n) is 9.29. The van der Waals surface area contributed by atoms with Gasteiger partial charge < -0.3 is 9.64 Å². The summed E-state index contributed by atoms with van der Waals surface area (Å²) >= 11 is 1.15. The second-order valence-electron chi connectivity index (χ2n) is 7.01. The Balaban J connectivity index is 1.81. The van der Waals surface area contributed by atoms with Gasteiger partial charge in [0, 0.05) is 29.6 Å². The SMILES string of the molecule is COc1ccc(C(F)(F)F)cc1-c1csc2ncn(CC(=O)N3CCCC3)c(=O)c12. The van der Waals surface area contributed by atoms with Gasteiger partial charge in [0.2, 0.25) is 5.91 Å². The summed E-state index contributed by atoms with van der Waals surface area (Å²) in [6.45, 7) is 1.17. The maximum Gasteiger partial charge on any atom is 0.416 e. The number of benzene rings is 1. The number of ether oxygens (including phenoxy) is 1. The first-order valence-corrected chi connectivity index (χ1v) is 10.2. The molecule has 1 aliphatic rings. The van der Waals surface area contributed by atoms with Crippen LogP contribution in [0.1, 0.15) is 18.4 Å². The Morgan fingerprint density at radius 3 is 2.63 bits per heavy atom. The fourth-order valence-electron chi connectivity index (χ4n) is 3.59. The molecule has 0 saturated carbocycles. The summed E-state index contributed by atoms with van der Waals surface area (Å²) in [6, 6.07) is 3.13. The molecule has 158 valence electrons. The third-order valence-electron chi connectivity index (χ3n) is 5.14. The maximum absolute atomic E-state index is 13.2. The van der Waals surface area contributed by atoms with Crippen LogP contribution in [0, 0.1) is 0 Å². The van der Waals surface area contributed by atoms with Crippen LogP contribution in [-0.2, 0) is 17.5 Å². The number of hydrogen-bond acceptors (Lipinski definition) is 5. The minimum atomic E-state index is -4.53. The molecule has 1 fully saturated rings. The number of hydrogen-bond donors (Lipinski definition) is 0. The number of likely N-dealkylation sites (tertiary alicyclic amines) is 1. The van der Waals surface area contributed by atoms with Gasteiger partial charge in [0.15, 0.2) is 0 Å². The summed E-state index contributed by atoms with van der Waals surface area (Å²) in [6.07, 6.45) is -1.36. The number of aromatic nitrogens is 2. The normalized spacial score (nSPS) is 14.5. The van der Waals surface area contributed by atoms with Crippen molar-refractivity contribution < 1.29 is 22.7 Å². The van der Waals surface area contributed by atoms with Crippen molar-refractivity contribution in [2.75, 3.05) is 20.2 Å². The zero-order chi connectivity index (χ0) is 21.5. The highest BCUT2D eigenvalue weighted by Crippen LogP contribution is 2.40. The van der Waals surface area contributed by atoms with Crippen molar-refractivity contribution >= 4 is 27.5 Å². The molecule has 2 aromatic heterocycles. The van der Waals surface area contributed by atoms with E-state index in [4.69, 9.17) is 4.74 Å². The topological polar surface area (TPSA) is 64.4 Å². The second-order valence-corrected chi connectivity index (χ2v) is 7.87. The van der Waals surface area contributed by atoms with E-state index in [1.54, 1.807) is 10.3 Å². The van der Waals surface area contributed by atoms with Crippen LogP contribution in [0.5, 0.6) is 5.75 Å². The zero-order valence-electron chi connectivity index (χ0n) is 16.0. The lowest BCUT2D eigenvalue weighted by molar-refractivity contribution is -0.137. The maximum atomic E-state index is 13.2. The van der Waals surface area contributed by atoms with E-state index < -0.39 is 17.3 Å². The number of amides is 1. The van der Waals surface area contributed by atoms with Crippen molar-refractivity contribution in [1.82, 2.24) is 14.5 Å². The molecule has 3 aromatic rings. The van der Waals surface area contributed by atoms with Crippen LogP contribution in [0.25, 0.3) is 21.3 Å². The summed E-state index contributed by atoms with van der Waals surface area (Å²) in [4.78, 5) is 31.9. The number of nitrogens with zero attached hydrogens (tertiary/aromatic N) is 3. The van der Waals surface area contributed by atoms with E-state index in [2.05, 4.69) is 4.98 Å². The number of methoxy groups -OCH3 is 1. The van der Waals surface area contributed by atoms with Crippen LogP contribution in [0.15, 0.2) is 34.7 Å². The second kappa shape index (κ2) is 7.75. The number of thiophene rings is 1. The lowest BCUT2D eigenvalue weighted by Gasteiger charge is -2.16. The molecule has 0 spiro atoms. The van der Waals surface area contributed by atoms with Crippen LogP contribution in [0.3, 0.4) is 0 Å². The van der Waals surface area contributed by atoms with Crippen molar-refractivity contribution in [2.45, 2.75) is 25.6 Å². The van der Waals surface area contributed by atoms with Crippen LogP contribution in [-0.4, -0.2) is 40.6 Å². The fourth-order valence-corrected chi connectivity index (χ4v) is 4.48. The summed E-state index contributed by atoms with van der Waals surface area (Å²) in [5.74, 6) is 0.0369. The predicted molar refractivity (Wildman–Crippen MR) is 107 cm³/mol. The molecule has 4 rings (SSSR count). The van der Waals surface area contributed by atoms with E-state index in [0.717, 1.165) is 36.3 Å². The van der Waals surface area contributed by atoms with Crippen molar-refractivity contribution in [3.05, 3.63) is 45.8 Å². The molecule has 0 bridgehead atoms. The van der Waals surface area contributed by atoms with Gasteiger partial charge in [-0.15, -0.1) is 11.3 Å². The standard InChI is InChI=1S/C20H18F3N3O3S/c1-29-15-5-4-12(20(21,22)23)8-13(15)14-10-30-18-17(14)19(28)26(11-24-18)9-16(27)25-6-2-3-7-25/h4-5,8,10-11H,2-3,6-7,9H2,1H3. The van der Waals surface area contributed by atoms with Crippen molar-refractivity contribution in [3.63, 3.8) is 0 Å². The molecule has 3 heterocycles. The number of halogens is 3. The molecular formula is C20H18F3N3O3S. The van der Waals surface area contributed by atoms with Gasteiger partial charge in [0.05, 0.1) is 24.4 Å². The summed E-state index contributed by atoms with van der Waals surface area (Å²) in [7, 11) is 1.35. The highest BCUT2D eigenvalue weighted by molar-refractivity contribution is 7.17. The number of carbonyl (C=O) groups excluding carboxylic acids is 1. The van der Waals surface area contributed by atoms with Crippen molar-refractivity contribution in [2.24, 2.45) is 0 Å². The lowest BCUT2D eigenvalue weighted by atomic mass is 10.0. The zero-order valence-corrected chi connectivity index (χ0v) is 16.8. The third-order valence-corrected chi connectivity index (χ3v) is 6.03. The van der Waals surface area contributed by atoms with Gasteiger partial charge in [-0.05, 0) is 31.0 Å². The van der Waals surface area contributed by atoms with E-state index in [1.807, 2.05) is 0 Å². The molecule has 0 aliphatic carbocycles. The highest BCUT2D eigenvalue weighted by Gasteiger charge is 2.32. The molecule has 1 saturated heterocycles. The fraction of sp³-hybridized carbons (Fsp3) is 0.350. The lowest BCUT2D eigenvalue weighted by Crippen LogP contribution is -2.34. The quantitative estimate of drug-likeness (QED) is 0.623. The largest absolute Gasteiger partial charge is 0.496 e. The molecule has 0 radical (unpaired) electrons. The molecule has 0 unspecified atom stereocenters. The van der Waals surface area contributed by atoms with Crippen LogP contribution < -0.4 is 10.3 Å². The third kappa shape index (κ3) is 3.67. The predicted octanol–water partition coefficient (Wildman–Crippen LogP) is 3.77. The minimum Gasteiger partial charge on any atom is -0.496 e. The number of carbonyl (C=O) groups is 1. The molecular weight excluding hydrogens is 419 g/mol. The van der Waals surface area contributed by atoms with Crippen molar-refractivity contribution in [3.8, 4) is 16.9 Å². The molecule has 1 aromatic carbocycles. The summed E-state index contributed by atoms with van der Waals surface area (Å²) in [5, 5.41) is 1.76. The monoisotopic (exact) mass is 437 g/mol. The Kier molecular flexibility index (Phi) is 5.27. The average Bonchev–Trinajstić information content (AvgIpc) is 3.39. The molecule has 0 atom stereocenters. The van der Waals surface area contributed by atoms with Gasteiger partial charge in [0.25, 0.3) is 5.56 Å². The number of fused-ring (bicyclic) bond motifs is 1. The first-order chi connectivity index (χ1) is 14.3. The Morgan fingerprint density at radius 2 is 1.97 bits per heavy atom. The van der Waals surface area contributed by atoms with Gasteiger partial charge in [0.1, 0.15) is 17.1 Å². The van der Waals surface area contributed by atoms with Crippen LogP contribution >= 0.6 is 11.3 Å². The van der Waals surface area contributed by atoms with Crippen LogP contribution in [0.4, 0.5) is 13.2 Å². The van der Waals surface area contributed by atoms with Gasteiger partial charge in [-0.3, -0.25) is 14.2 Å². The smallest absolute Gasteiger partial charge is 0.416 e. The Bertz CT molecular complexity index is 1160. The summed E-state index contributed by atoms with van der Waals surface area (Å²) in [5.41, 5.74) is -0.853. The van der Waals surface area contributed by atoms with Gasteiger partial charge in [-0.1, -0.05) is 0 Å². The Morgan fingerprint density at radius 1 is 1.23 bits per heavy atom. The summed E-state index contributed by atoms with van der Waals surface area (Å²) < 4.78 is 46.1. The van der Waals surface area contributed by atoms with Crippen LogP contribution in [0.2, 0.25) is 0 Å². The number of rotatable bonds is 4. The Hall–Kier alpha value is -2.88. The van der Waals surface area contributed by atoms with E-state index in [-0.39, 0.29) is 29.2 Å². The Labute approximate surface area is 173 Å². The van der Waals surface area contributed by atoms with Gasteiger partial charge in [-0.25, -0.2) is 4.98 Å². The van der Waals surface area contributed by atoms with Gasteiger partial charge in [-0.2, -0.15) is 13.2 Å². The van der Waals surface area contributed by atoms with Gasteiger partial charge >= 0.3 is 6.18 Å². The molecule has 6 nitrogen and oxygen atoms in total. The molecule has 0 N–H and O–H groups in total. The van der Waals surface area contributed by atoms with E-state index in [9.17, 15) is 22.8 Å². The molecule has 10 heteroatoms. The average molecular weight is 437 g/mol. The van der Waals surface area contributed by atoms with E-state index >= 15 is 0 Å². The van der Waals surface area contributed by atoms with Crippen molar-refractivity contribution in [1.29, 1.82) is 0 Å². The van der Waals surface area contributed by atoms with E-state index in [0.29, 0.717) is 23.5 Å². The molecule has 1 aliphatic heterocycles. The first kappa shape index (κ1) is 20.4. The molecule has 30 heavy (non-hydrogen) atoms. The number of alkyl halides is 3. The highest BCUT2D eigenvalue weighted by atomic mass is 32.1. The minimum absolute atomic E-state index is 0.154.